The molecule has 1 aromatic heterocycles. The molecular weight excluding hydrogens is 580 g/mol. The van der Waals surface area contributed by atoms with Crippen LogP contribution in [0.1, 0.15) is 79.2 Å². The molecule has 1 aliphatic heterocycles. The van der Waals surface area contributed by atoms with E-state index in [4.69, 9.17) is 0 Å². The molecule has 3 fully saturated rings. The fourth-order valence-electron chi connectivity index (χ4n) is 6.80. The molecule has 4 rings (SSSR count). The van der Waals surface area contributed by atoms with Gasteiger partial charge >= 0.3 is 6.03 Å². The number of urea groups is 1. The molecule has 5 amide bonds. The van der Waals surface area contributed by atoms with Crippen LogP contribution < -0.4 is 21.3 Å². The minimum Gasteiger partial charge on any atom is -0.353 e. The number of ketones is 1. The summed E-state index contributed by atoms with van der Waals surface area (Å²) in [5, 5.41) is 14.1. The molecule has 11 nitrogen and oxygen atoms in total. The third-order valence-electron chi connectivity index (χ3n) is 10.0. The summed E-state index contributed by atoms with van der Waals surface area (Å²) in [4.78, 5) is 72.8. The third kappa shape index (κ3) is 7.26. The highest BCUT2D eigenvalue weighted by Gasteiger charge is 2.70. The van der Waals surface area contributed by atoms with E-state index in [-0.39, 0.29) is 41.0 Å². The van der Waals surface area contributed by atoms with E-state index in [2.05, 4.69) is 40.1 Å². The van der Waals surface area contributed by atoms with Crippen LogP contribution in [0.4, 0.5) is 4.79 Å². The van der Waals surface area contributed by atoms with Gasteiger partial charge in [0.05, 0.1) is 11.0 Å². The van der Waals surface area contributed by atoms with E-state index < -0.39 is 47.2 Å². The molecule has 2 heterocycles. The van der Waals surface area contributed by atoms with E-state index in [0.29, 0.717) is 19.4 Å². The second kappa shape index (κ2) is 13.1. The molecule has 1 aromatic rings. The number of rotatable bonds is 12. The first-order chi connectivity index (χ1) is 20.6. The lowest BCUT2D eigenvalue weighted by Gasteiger charge is -2.38. The normalized spacial score (nSPS) is 24.4. The second-order valence-corrected chi connectivity index (χ2v) is 15.8. The van der Waals surface area contributed by atoms with E-state index in [9.17, 15) is 24.0 Å². The number of likely N-dealkylation sites (N-methyl/N-ethyl adjacent to an activating group) is 1. The Balaban J connectivity index is 1.52. The van der Waals surface area contributed by atoms with Gasteiger partial charge in [-0.05, 0) is 40.9 Å². The number of Topliss-reactive ketones (excluding diaryl/α,β-unsaturated/α-hetero) is 1. The summed E-state index contributed by atoms with van der Waals surface area (Å²) in [7, 11) is 1.40. The van der Waals surface area contributed by atoms with Crippen molar-refractivity contribution in [1.29, 1.82) is 0 Å². The molecule has 12 heteroatoms. The van der Waals surface area contributed by atoms with Gasteiger partial charge in [0.2, 0.25) is 17.6 Å². The largest absolute Gasteiger partial charge is 0.353 e. The summed E-state index contributed by atoms with van der Waals surface area (Å²) in [6.07, 6.45) is 5.72. The number of hydrogen-bond donors (Lipinski definition) is 4. The Morgan fingerprint density at radius 1 is 1.09 bits per heavy atom. The van der Waals surface area contributed by atoms with Crippen LogP contribution in [0, 0.1) is 34.5 Å². The molecule has 0 radical (unpaired) electrons. The molecule has 1 unspecified atom stereocenters. The Morgan fingerprint density at radius 2 is 1.77 bits per heavy atom. The molecule has 0 bridgehead atoms. The van der Waals surface area contributed by atoms with Crippen LogP contribution in [0.15, 0.2) is 11.6 Å². The van der Waals surface area contributed by atoms with Crippen molar-refractivity contribution in [2.45, 2.75) is 105 Å². The van der Waals surface area contributed by atoms with Crippen molar-refractivity contribution in [3.8, 4) is 0 Å². The quantitative estimate of drug-likeness (QED) is 0.261. The van der Waals surface area contributed by atoms with E-state index in [0.717, 1.165) is 24.3 Å². The number of carbonyl (C=O) groups excluding carboxylic acids is 5. The number of aromatic nitrogens is 1. The van der Waals surface area contributed by atoms with Gasteiger partial charge in [-0.3, -0.25) is 19.2 Å². The zero-order chi connectivity index (χ0) is 32.6. The predicted molar refractivity (Wildman–Crippen MR) is 169 cm³/mol. The van der Waals surface area contributed by atoms with Crippen molar-refractivity contribution >= 4 is 40.9 Å². The number of hydrogen-bond acceptors (Lipinski definition) is 7. The van der Waals surface area contributed by atoms with Crippen molar-refractivity contribution in [1.82, 2.24) is 31.2 Å². The number of amides is 5. The van der Waals surface area contributed by atoms with Crippen LogP contribution >= 0.6 is 11.3 Å². The van der Waals surface area contributed by atoms with Crippen molar-refractivity contribution in [3.05, 3.63) is 16.6 Å². The number of nitrogens with one attached hydrogen (secondary N) is 4. The lowest BCUT2D eigenvalue weighted by atomic mass is 9.80. The van der Waals surface area contributed by atoms with Gasteiger partial charge in [0, 0.05) is 37.6 Å². The molecule has 2 saturated carbocycles. The van der Waals surface area contributed by atoms with E-state index in [1.807, 2.05) is 40.0 Å². The molecule has 244 valence electrons. The molecule has 6 atom stereocenters. The van der Waals surface area contributed by atoms with Gasteiger partial charge < -0.3 is 26.2 Å². The number of nitrogens with zero attached hydrogens (tertiary/aromatic N) is 2. The maximum Gasteiger partial charge on any atom is 0.315 e. The van der Waals surface area contributed by atoms with E-state index in [1.54, 1.807) is 11.1 Å². The minimum absolute atomic E-state index is 0.0797. The minimum atomic E-state index is -0.946. The second-order valence-electron chi connectivity index (χ2n) is 14.8. The monoisotopic (exact) mass is 630 g/mol. The summed E-state index contributed by atoms with van der Waals surface area (Å²) >= 11 is 1.53. The van der Waals surface area contributed by atoms with Crippen LogP contribution in [0.2, 0.25) is 0 Å². The summed E-state index contributed by atoms with van der Waals surface area (Å²) in [6, 6.07) is -3.27. The molecule has 44 heavy (non-hydrogen) atoms. The Labute approximate surface area is 265 Å². The SMILES string of the molecule is CNC(=O)C(=O)C(CC1CCC1)NC(=O)[C@@H]1[C@@H]2[C@H](CN1C(=O)[C@@H](NC(=O)N[C@H](Cc1nccs1)C(C)C)C(C)(C)C)C2(C)C. The van der Waals surface area contributed by atoms with Gasteiger partial charge in [0.25, 0.3) is 5.91 Å². The van der Waals surface area contributed by atoms with Crippen LogP contribution in [-0.2, 0) is 25.6 Å². The smallest absolute Gasteiger partial charge is 0.315 e. The Morgan fingerprint density at radius 3 is 2.30 bits per heavy atom. The maximum absolute atomic E-state index is 14.3. The molecule has 0 aromatic carbocycles. The van der Waals surface area contributed by atoms with Gasteiger partial charge in [-0.25, -0.2) is 9.78 Å². The Bertz CT molecular complexity index is 1240. The lowest BCUT2D eigenvalue weighted by Crippen LogP contribution is -2.62. The number of carbonyl (C=O) groups is 5. The predicted octanol–water partition coefficient (Wildman–Crippen LogP) is 2.90. The average Bonchev–Trinajstić information content (AvgIpc) is 3.35. The zero-order valence-corrected chi connectivity index (χ0v) is 28.2. The van der Waals surface area contributed by atoms with Gasteiger partial charge in [-0.1, -0.05) is 67.7 Å². The topological polar surface area (TPSA) is 150 Å². The van der Waals surface area contributed by atoms with E-state index >= 15 is 0 Å². The molecular formula is C32H50N6O5S. The van der Waals surface area contributed by atoms with Crippen molar-refractivity contribution < 1.29 is 24.0 Å². The molecule has 3 aliphatic rings. The fourth-order valence-corrected chi connectivity index (χ4v) is 7.47. The third-order valence-corrected chi connectivity index (χ3v) is 10.8. The summed E-state index contributed by atoms with van der Waals surface area (Å²) < 4.78 is 0. The summed E-state index contributed by atoms with van der Waals surface area (Å²) in [5.74, 6) is -1.69. The first kappa shape index (κ1) is 33.9. The van der Waals surface area contributed by atoms with Crippen LogP contribution in [0.25, 0.3) is 0 Å². The number of fused-ring (bicyclic) bond motifs is 1. The standard InChI is InChI=1S/C32H50N6O5S/c1-17(2)20(15-22-34-12-13-44-22)36-30(43)37-26(31(3,4)5)29(42)38-16-19-23(32(19,6)7)24(38)27(40)35-21(14-18-10-9-11-18)25(39)28(41)33-8/h12-13,17-21,23-24,26H,9-11,14-16H2,1-8H3,(H,33,41)(H,35,40)(H2,36,37,43)/t19-,20+,21?,23-,24-,26+/m0/s1. The molecule has 1 saturated heterocycles. The van der Waals surface area contributed by atoms with Crippen molar-refractivity contribution in [3.63, 3.8) is 0 Å². The first-order valence-electron chi connectivity index (χ1n) is 15.9. The molecule has 2 aliphatic carbocycles. The van der Waals surface area contributed by atoms with Crippen LogP contribution in [0.5, 0.6) is 0 Å². The molecule has 0 spiro atoms. The average molecular weight is 631 g/mol. The molecule has 4 N–H and O–H groups in total. The number of likely N-dealkylation sites (tertiary alicyclic amines) is 1. The summed E-state index contributed by atoms with van der Waals surface area (Å²) in [5.41, 5.74) is -0.794. The highest BCUT2D eigenvalue weighted by atomic mass is 32.1. The van der Waals surface area contributed by atoms with Crippen LogP contribution in [-0.4, -0.2) is 77.2 Å². The fraction of sp³-hybridized carbons (Fsp3) is 0.750. The van der Waals surface area contributed by atoms with Crippen molar-refractivity contribution in [2.24, 2.45) is 34.5 Å². The Hall–Kier alpha value is -3.02. The highest BCUT2D eigenvalue weighted by Crippen LogP contribution is 2.65. The highest BCUT2D eigenvalue weighted by molar-refractivity contribution is 7.09. The maximum atomic E-state index is 14.3. The number of piperidine rings is 1. The zero-order valence-electron chi connectivity index (χ0n) is 27.4. The van der Waals surface area contributed by atoms with Crippen molar-refractivity contribution in [2.75, 3.05) is 13.6 Å². The summed E-state index contributed by atoms with van der Waals surface area (Å²) in [6.45, 7) is 14.3. The van der Waals surface area contributed by atoms with E-state index in [1.165, 1.54) is 18.4 Å². The van der Waals surface area contributed by atoms with Gasteiger partial charge in [-0.2, -0.15) is 0 Å². The first-order valence-corrected chi connectivity index (χ1v) is 16.8. The number of thiazole rings is 1. The Kier molecular flexibility index (Phi) is 10.1. The lowest BCUT2D eigenvalue weighted by molar-refractivity contribution is -0.145. The van der Waals surface area contributed by atoms with Gasteiger partial charge in [-0.15, -0.1) is 11.3 Å². The van der Waals surface area contributed by atoms with Crippen LogP contribution in [0.3, 0.4) is 0 Å². The van der Waals surface area contributed by atoms with Gasteiger partial charge in [0.15, 0.2) is 0 Å². The van der Waals surface area contributed by atoms with Gasteiger partial charge in [0.1, 0.15) is 12.1 Å².